The molecular weight excluding hydrogens is 350 g/mol. The van der Waals surface area contributed by atoms with Gasteiger partial charge in [-0.25, -0.2) is 4.98 Å². The van der Waals surface area contributed by atoms with E-state index in [9.17, 15) is 4.79 Å². The van der Waals surface area contributed by atoms with E-state index < -0.39 is 0 Å². The third-order valence-corrected chi connectivity index (χ3v) is 4.78. The summed E-state index contributed by atoms with van der Waals surface area (Å²) < 4.78 is 7.05. The monoisotopic (exact) mass is 361 g/mol. The van der Waals surface area contributed by atoms with Gasteiger partial charge in [-0.15, -0.1) is 11.3 Å². The van der Waals surface area contributed by atoms with Crippen LogP contribution in [0.4, 0.5) is 0 Å². The lowest BCUT2D eigenvalue weighted by Crippen LogP contribution is -2.03. The molecule has 0 aliphatic carbocycles. The molecule has 0 N–H and O–H groups in total. The van der Waals surface area contributed by atoms with Crippen LogP contribution in [-0.4, -0.2) is 17.9 Å². The lowest BCUT2D eigenvalue weighted by Gasteiger charge is -2.05. The molecule has 0 fully saturated rings. The number of halogens is 1. The van der Waals surface area contributed by atoms with Crippen LogP contribution in [0.15, 0.2) is 46.9 Å². The molecule has 5 heteroatoms. The van der Waals surface area contributed by atoms with Crippen molar-refractivity contribution in [1.82, 2.24) is 4.98 Å². The summed E-state index contributed by atoms with van der Waals surface area (Å²) in [5.74, 6) is 0.768. The molecule has 0 unspecified atom stereocenters. The number of hydrogen-bond acceptors (Lipinski definition) is 4. The van der Waals surface area contributed by atoms with Crippen molar-refractivity contribution in [3.63, 3.8) is 0 Å². The number of aromatic nitrogens is 1. The Morgan fingerprint density at radius 1 is 1.29 bits per heavy atom. The Morgan fingerprint density at radius 2 is 2.10 bits per heavy atom. The van der Waals surface area contributed by atoms with Crippen molar-refractivity contribution in [3.05, 3.63) is 57.5 Å². The van der Waals surface area contributed by atoms with Crippen LogP contribution in [0.3, 0.4) is 0 Å². The highest BCUT2D eigenvalue weighted by Crippen LogP contribution is 2.27. The first kappa shape index (κ1) is 14.2. The summed E-state index contributed by atoms with van der Waals surface area (Å²) >= 11 is 4.96. The molecule has 0 aliphatic heterocycles. The molecule has 0 saturated heterocycles. The number of methoxy groups -OCH3 is 1. The molecule has 0 bridgehead atoms. The molecule has 0 aliphatic rings. The van der Waals surface area contributed by atoms with Crippen molar-refractivity contribution < 1.29 is 9.53 Å². The zero-order valence-corrected chi connectivity index (χ0v) is 13.7. The Kier molecular flexibility index (Phi) is 4.03. The van der Waals surface area contributed by atoms with Gasteiger partial charge in [-0.05, 0) is 46.3 Å². The molecular formula is C16H12BrNO2S. The highest BCUT2D eigenvalue weighted by Gasteiger charge is 2.12. The highest BCUT2D eigenvalue weighted by atomic mass is 79.9. The molecule has 1 aromatic heterocycles. The second-order valence-electron chi connectivity index (χ2n) is 4.52. The Hall–Kier alpha value is -1.72. The Balaban J connectivity index is 1.84. The number of Topliss-reactive ketones (excluding diaryl/α,β-unsaturated/α-hetero) is 1. The molecule has 3 nitrogen and oxygen atoms in total. The number of benzene rings is 2. The van der Waals surface area contributed by atoms with Crippen LogP contribution in [0, 0.1) is 0 Å². The van der Waals surface area contributed by atoms with Gasteiger partial charge in [0.15, 0.2) is 5.78 Å². The van der Waals surface area contributed by atoms with Crippen molar-refractivity contribution in [2.75, 3.05) is 7.11 Å². The molecule has 106 valence electrons. The summed E-state index contributed by atoms with van der Waals surface area (Å²) in [6, 6.07) is 13.3. The molecule has 21 heavy (non-hydrogen) atoms. The summed E-state index contributed by atoms with van der Waals surface area (Å²) in [5, 5.41) is 0.841. The van der Waals surface area contributed by atoms with Crippen molar-refractivity contribution >= 4 is 43.3 Å². The zero-order chi connectivity index (χ0) is 14.8. The standard InChI is InChI=1S/C16H12BrNO2S/c1-20-14-7-6-10(8-11(14)17)13(19)9-16-18-12-4-2-3-5-15(12)21-16/h2-8H,9H2,1H3. The average Bonchev–Trinajstić information content (AvgIpc) is 2.89. The molecule has 0 spiro atoms. The summed E-state index contributed by atoms with van der Waals surface area (Å²) in [6.07, 6.45) is 0.318. The van der Waals surface area contributed by atoms with E-state index >= 15 is 0 Å². The fourth-order valence-corrected chi connectivity index (χ4v) is 3.58. The second kappa shape index (κ2) is 5.95. The van der Waals surface area contributed by atoms with Gasteiger partial charge in [0.05, 0.1) is 28.2 Å². The van der Waals surface area contributed by atoms with Crippen LogP contribution in [0.1, 0.15) is 15.4 Å². The topological polar surface area (TPSA) is 39.2 Å². The second-order valence-corrected chi connectivity index (χ2v) is 6.49. The largest absolute Gasteiger partial charge is 0.496 e. The van der Waals surface area contributed by atoms with Crippen molar-refractivity contribution in [2.24, 2.45) is 0 Å². The van der Waals surface area contributed by atoms with E-state index in [0.717, 1.165) is 19.7 Å². The molecule has 2 aromatic carbocycles. The quantitative estimate of drug-likeness (QED) is 0.642. The Labute approximate surface area is 134 Å². The Morgan fingerprint density at radius 3 is 2.81 bits per heavy atom. The van der Waals surface area contributed by atoms with Crippen LogP contribution in [-0.2, 0) is 6.42 Å². The maximum absolute atomic E-state index is 12.3. The number of nitrogens with zero attached hydrogens (tertiary/aromatic N) is 1. The normalized spacial score (nSPS) is 10.8. The molecule has 0 atom stereocenters. The smallest absolute Gasteiger partial charge is 0.169 e. The van der Waals surface area contributed by atoms with Crippen LogP contribution in [0.5, 0.6) is 5.75 Å². The number of carbonyl (C=O) groups is 1. The van der Waals surface area contributed by atoms with Gasteiger partial charge in [0.25, 0.3) is 0 Å². The maximum atomic E-state index is 12.3. The molecule has 0 radical (unpaired) electrons. The third kappa shape index (κ3) is 2.99. The van der Waals surface area contributed by atoms with E-state index in [1.807, 2.05) is 24.3 Å². The average molecular weight is 362 g/mol. The minimum Gasteiger partial charge on any atom is -0.496 e. The first-order valence-electron chi connectivity index (χ1n) is 6.38. The molecule has 1 heterocycles. The van der Waals surface area contributed by atoms with E-state index in [1.165, 1.54) is 0 Å². The third-order valence-electron chi connectivity index (χ3n) is 3.12. The van der Waals surface area contributed by atoms with E-state index in [2.05, 4.69) is 20.9 Å². The predicted octanol–water partition coefficient (Wildman–Crippen LogP) is 4.49. The van der Waals surface area contributed by atoms with Gasteiger partial charge in [0.2, 0.25) is 0 Å². The number of ether oxygens (including phenoxy) is 1. The van der Waals surface area contributed by atoms with Crippen LogP contribution >= 0.6 is 27.3 Å². The van der Waals surface area contributed by atoms with Gasteiger partial charge in [-0.1, -0.05) is 12.1 Å². The van der Waals surface area contributed by atoms with Gasteiger partial charge in [-0.3, -0.25) is 4.79 Å². The zero-order valence-electron chi connectivity index (χ0n) is 11.3. The number of carbonyl (C=O) groups excluding carboxylic acids is 1. The van der Waals surface area contributed by atoms with Crippen LogP contribution in [0.25, 0.3) is 10.2 Å². The van der Waals surface area contributed by atoms with Gasteiger partial charge in [0, 0.05) is 5.56 Å². The molecule has 0 saturated carbocycles. The number of ketones is 1. The first-order valence-corrected chi connectivity index (χ1v) is 7.99. The lowest BCUT2D eigenvalue weighted by atomic mass is 10.1. The summed E-state index contributed by atoms with van der Waals surface area (Å²) in [7, 11) is 1.60. The minimum atomic E-state index is 0.0532. The van der Waals surface area contributed by atoms with E-state index in [4.69, 9.17) is 4.74 Å². The minimum absolute atomic E-state index is 0.0532. The number of fused-ring (bicyclic) bond motifs is 1. The highest BCUT2D eigenvalue weighted by molar-refractivity contribution is 9.10. The predicted molar refractivity (Wildman–Crippen MR) is 88.3 cm³/mol. The Bertz CT molecular complexity index is 780. The number of hydrogen-bond donors (Lipinski definition) is 0. The molecule has 0 amide bonds. The van der Waals surface area contributed by atoms with E-state index in [1.54, 1.807) is 36.6 Å². The fourth-order valence-electron chi connectivity index (χ4n) is 2.07. The molecule has 3 aromatic rings. The van der Waals surface area contributed by atoms with E-state index in [0.29, 0.717) is 17.7 Å². The van der Waals surface area contributed by atoms with Crippen molar-refractivity contribution in [1.29, 1.82) is 0 Å². The fraction of sp³-hybridized carbons (Fsp3) is 0.125. The number of thiazole rings is 1. The van der Waals surface area contributed by atoms with Crippen molar-refractivity contribution in [3.8, 4) is 5.75 Å². The van der Waals surface area contributed by atoms with E-state index in [-0.39, 0.29) is 5.78 Å². The van der Waals surface area contributed by atoms with Gasteiger partial charge in [-0.2, -0.15) is 0 Å². The van der Waals surface area contributed by atoms with Gasteiger partial charge >= 0.3 is 0 Å². The maximum Gasteiger partial charge on any atom is 0.169 e. The molecule has 3 rings (SSSR count). The first-order chi connectivity index (χ1) is 10.2. The van der Waals surface area contributed by atoms with Crippen LogP contribution < -0.4 is 4.74 Å². The SMILES string of the molecule is COc1ccc(C(=O)Cc2nc3ccccc3s2)cc1Br. The summed E-state index contributed by atoms with van der Waals surface area (Å²) in [6.45, 7) is 0. The van der Waals surface area contributed by atoms with Gasteiger partial charge in [0.1, 0.15) is 10.8 Å². The number of para-hydroxylation sites is 1. The lowest BCUT2D eigenvalue weighted by molar-refractivity contribution is 0.0993. The summed E-state index contributed by atoms with van der Waals surface area (Å²) in [5.41, 5.74) is 1.60. The summed E-state index contributed by atoms with van der Waals surface area (Å²) in [4.78, 5) is 16.8. The van der Waals surface area contributed by atoms with Gasteiger partial charge < -0.3 is 4.74 Å². The van der Waals surface area contributed by atoms with Crippen LogP contribution in [0.2, 0.25) is 0 Å². The van der Waals surface area contributed by atoms with Crippen molar-refractivity contribution in [2.45, 2.75) is 6.42 Å². The number of rotatable bonds is 4.